The van der Waals surface area contributed by atoms with Gasteiger partial charge in [-0.15, -0.1) is 0 Å². The van der Waals surface area contributed by atoms with Crippen LogP contribution in [0.3, 0.4) is 0 Å². The number of carbonyl (C=O) groups is 1. The average Bonchev–Trinajstić information content (AvgIpc) is 3.21. The first kappa shape index (κ1) is 18.4. The lowest BCUT2D eigenvalue weighted by atomic mass is 9.71. The Morgan fingerprint density at radius 1 is 1.40 bits per heavy atom. The number of hydrogen-bond donors (Lipinski definition) is 1. The van der Waals surface area contributed by atoms with Crippen LogP contribution in [0.15, 0.2) is 6.33 Å². The van der Waals surface area contributed by atoms with Crippen molar-refractivity contribution in [2.45, 2.75) is 65.1 Å². The van der Waals surface area contributed by atoms with E-state index in [1.54, 1.807) is 10.6 Å². The molecule has 0 aliphatic carbocycles. The van der Waals surface area contributed by atoms with Crippen LogP contribution < -0.4 is 5.32 Å². The molecule has 25 heavy (non-hydrogen) atoms. The minimum atomic E-state index is -3.28. The van der Waals surface area contributed by atoms with Gasteiger partial charge in [-0.2, -0.15) is 4.31 Å². The van der Waals surface area contributed by atoms with E-state index in [1.165, 1.54) is 6.26 Å². The number of imidazole rings is 1. The maximum absolute atomic E-state index is 13.0. The Bertz CT molecular complexity index is 773. The van der Waals surface area contributed by atoms with E-state index in [1.807, 2.05) is 25.3 Å². The number of hydrogen-bond acceptors (Lipinski definition) is 4. The summed E-state index contributed by atoms with van der Waals surface area (Å²) in [5, 5.41) is 3.05. The molecule has 2 fully saturated rings. The monoisotopic (exact) mass is 368 g/mol. The van der Waals surface area contributed by atoms with Crippen LogP contribution in [0.2, 0.25) is 0 Å². The zero-order valence-corrected chi connectivity index (χ0v) is 16.3. The van der Waals surface area contributed by atoms with Gasteiger partial charge in [0.2, 0.25) is 15.9 Å². The van der Waals surface area contributed by atoms with E-state index < -0.39 is 15.4 Å². The highest BCUT2D eigenvalue weighted by molar-refractivity contribution is 7.88. The smallest absolute Gasteiger partial charge is 0.227 e. The van der Waals surface area contributed by atoms with Gasteiger partial charge in [0, 0.05) is 30.9 Å². The molecule has 3 heterocycles. The number of carbonyl (C=O) groups excluding carboxylic acids is 1. The molecule has 1 N–H and O–H groups in total. The number of nitrogens with zero attached hydrogens (tertiary/aromatic N) is 3. The largest absolute Gasteiger partial charge is 0.354 e. The molecular formula is C17H28N4O3S. The van der Waals surface area contributed by atoms with E-state index in [2.05, 4.69) is 10.3 Å². The van der Waals surface area contributed by atoms with Gasteiger partial charge in [-0.25, -0.2) is 13.4 Å². The third-order valence-electron chi connectivity index (χ3n) is 6.13. The zero-order chi connectivity index (χ0) is 18.4. The molecule has 0 aromatic carbocycles. The van der Waals surface area contributed by atoms with E-state index in [0.717, 1.165) is 24.2 Å². The van der Waals surface area contributed by atoms with Gasteiger partial charge in [0.15, 0.2) is 0 Å². The molecular weight excluding hydrogens is 340 g/mol. The molecule has 1 aromatic heterocycles. The summed E-state index contributed by atoms with van der Waals surface area (Å²) in [6, 6.07) is -0.223. The number of aryl methyl sites for hydroxylation is 1. The first-order chi connectivity index (χ1) is 11.7. The Morgan fingerprint density at radius 3 is 2.64 bits per heavy atom. The molecule has 3 rings (SSSR count). The summed E-state index contributed by atoms with van der Waals surface area (Å²) in [5.41, 5.74) is 1.50. The van der Waals surface area contributed by atoms with Crippen LogP contribution >= 0.6 is 0 Å². The van der Waals surface area contributed by atoms with Gasteiger partial charge in [-0.05, 0) is 39.5 Å². The molecule has 2 aliphatic rings. The lowest BCUT2D eigenvalue weighted by molar-refractivity contribution is -0.132. The Kier molecular flexibility index (Phi) is 4.70. The first-order valence-electron chi connectivity index (χ1n) is 8.96. The van der Waals surface area contributed by atoms with Gasteiger partial charge in [-0.1, -0.05) is 6.92 Å². The maximum Gasteiger partial charge on any atom is 0.227 e. The second kappa shape index (κ2) is 6.39. The molecule has 140 valence electrons. The molecule has 1 amide bonds. The third kappa shape index (κ3) is 2.99. The molecule has 2 saturated heterocycles. The van der Waals surface area contributed by atoms with Crippen LogP contribution in [0.4, 0.5) is 0 Å². The Labute approximate surface area is 149 Å². The number of aromatic nitrogens is 2. The summed E-state index contributed by atoms with van der Waals surface area (Å²) in [5.74, 6) is -0.00894. The highest BCUT2D eigenvalue weighted by Crippen LogP contribution is 2.52. The van der Waals surface area contributed by atoms with E-state index >= 15 is 0 Å². The van der Waals surface area contributed by atoms with Crippen molar-refractivity contribution < 1.29 is 13.2 Å². The molecule has 1 aromatic rings. The second-order valence-electron chi connectivity index (χ2n) is 7.42. The number of sulfonamides is 1. The van der Waals surface area contributed by atoms with Gasteiger partial charge in [-0.3, -0.25) is 4.79 Å². The number of amides is 1. The molecule has 8 heteroatoms. The predicted octanol–water partition coefficient (Wildman–Crippen LogP) is 1.21. The summed E-state index contributed by atoms with van der Waals surface area (Å²) in [6.07, 6.45) is 5.98. The molecule has 3 atom stereocenters. The lowest BCUT2D eigenvalue weighted by Crippen LogP contribution is -2.50. The molecule has 2 bridgehead atoms. The number of nitrogens with one attached hydrogen (secondary N) is 1. The van der Waals surface area contributed by atoms with Crippen molar-refractivity contribution in [3.8, 4) is 0 Å². The van der Waals surface area contributed by atoms with Crippen molar-refractivity contribution in [1.82, 2.24) is 19.2 Å². The van der Waals surface area contributed by atoms with Crippen LogP contribution in [0.25, 0.3) is 0 Å². The maximum atomic E-state index is 13.0. The normalized spacial score (nSPS) is 29.3. The molecule has 0 unspecified atom stereocenters. The predicted molar refractivity (Wildman–Crippen MR) is 95.5 cm³/mol. The number of fused-ring (bicyclic) bond motifs is 2. The van der Waals surface area contributed by atoms with Gasteiger partial charge in [0.05, 0.1) is 23.7 Å². The highest BCUT2D eigenvalue weighted by atomic mass is 32.2. The van der Waals surface area contributed by atoms with E-state index in [9.17, 15) is 13.2 Å². The van der Waals surface area contributed by atoms with Crippen LogP contribution in [0.1, 0.15) is 44.0 Å². The highest BCUT2D eigenvalue weighted by Gasteiger charge is 2.61. The fourth-order valence-electron chi connectivity index (χ4n) is 4.65. The molecule has 7 nitrogen and oxygen atoms in total. The van der Waals surface area contributed by atoms with Crippen LogP contribution in [0, 0.1) is 19.3 Å². The third-order valence-corrected chi connectivity index (χ3v) is 7.45. The molecule has 0 spiro atoms. The fraction of sp³-hybridized carbons (Fsp3) is 0.765. The van der Waals surface area contributed by atoms with Gasteiger partial charge < -0.3 is 9.88 Å². The Morgan fingerprint density at radius 2 is 2.12 bits per heavy atom. The van der Waals surface area contributed by atoms with Crippen LogP contribution in [-0.4, -0.2) is 53.1 Å². The van der Waals surface area contributed by atoms with Crippen molar-refractivity contribution in [3.63, 3.8) is 0 Å². The van der Waals surface area contributed by atoms with Crippen molar-refractivity contribution >= 4 is 15.9 Å². The summed E-state index contributed by atoms with van der Waals surface area (Å²) < 4.78 is 27.9. The quantitative estimate of drug-likeness (QED) is 0.818. The van der Waals surface area contributed by atoms with Crippen LogP contribution in [0.5, 0.6) is 0 Å². The summed E-state index contributed by atoms with van der Waals surface area (Å²) in [6.45, 7) is 7.16. The fourth-order valence-corrected chi connectivity index (χ4v) is 6.14. The van der Waals surface area contributed by atoms with Crippen molar-refractivity contribution in [2.75, 3.05) is 12.8 Å². The Balaban J connectivity index is 1.69. The summed E-state index contributed by atoms with van der Waals surface area (Å²) in [4.78, 5) is 17.2. The standard InChI is InChI=1S/C17H28N4O3S/c1-5-17(10-14-6-7-15(17)21(14)25(4,23)24)16(22)18-8-9-20-11-19-12(2)13(20)3/h11,14-15H,5-10H2,1-4H3,(H,18,22)/t14-,15+,17+/m1/s1. The molecule has 0 saturated carbocycles. The lowest BCUT2D eigenvalue weighted by Gasteiger charge is -2.35. The van der Waals surface area contributed by atoms with Gasteiger partial charge >= 0.3 is 0 Å². The molecule has 0 radical (unpaired) electrons. The van der Waals surface area contributed by atoms with Gasteiger partial charge in [0.25, 0.3) is 0 Å². The van der Waals surface area contributed by atoms with Crippen LogP contribution in [-0.2, 0) is 21.4 Å². The summed E-state index contributed by atoms with van der Waals surface area (Å²) in [7, 11) is -3.28. The Hall–Kier alpha value is -1.41. The van der Waals surface area contributed by atoms with E-state index in [4.69, 9.17) is 0 Å². The SMILES string of the molecule is CC[C@]1(C(=O)NCCn2cnc(C)c2C)C[C@H]2CC[C@@H]1N2S(C)(=O)=O. The summed E-state index contributed by atoms with van der Waals surface area (Å²) >= 11 is 0. The average molecular weight is 369 g/mol. The zero-order valence-electron chi connectivity index (χ0n) is 15.4. The first-order valence-corrected chi connectivity index (χ1v) is 10.8. The second-order valence-corrected chi connectivity index (χ2v) is 9.31. The topological polar surface area (TPSA) is 84.3 Å². The van der Waals surface area contributed by atoms with Crippen molar-refractivity contribution in [3.05, 3.63) is 17.7 Å². The minimum absolute atomic E-state index is 0.00894. The van der Waals surface area contributed by atoms with E-state index in [-0.39, 0.29) is 18.0 Å². The van der Waals surface area contributed by atoms with Crippen molar-refractivity contribution in [2.24, 2.45) is 5.41 Å². The van der Waals surface area contributed by atoms with Crippen molar-refractivity contribution in [1.29, 1.82) is 0 Å². The number of rotatable bonds is 6. The van der Waals surface area contributed by atoms with Gasteiger partial charge in [0.1, 0.15) is 0 Å². The molecule has 2 aliphatic heterocycles. The van der Waals surface area contributed by atoms with E-state index in [0.29, 0.717) is 25.9 Å². The minimum Gasteiger partial charge on any atom is -0.354 e.